The van der Waals surface area contributed by atoms with Gasteiger partial charge < -0.3 is 10.3 Å². The summed E-state index contributed by atoms with van der Waals surface area (Å²) in [4.78, 5) is 8.14. The fourth-order valence-corrected chi connectivity index (χ4v) is 3.23. The number of aromatic nitrogens is 2. The summed E-state index contributed by atoms with van der Waals surface area (Å²) in [5, 5.41) is 3.47. The third-order valence-corrected chi connectivity index (χ3v) is 4.62. The summed E-state index contributed by atoms with van der Waals surface area (Å²) in [5.41, 5.74) is 1.23. The minimum atomic E-state index is 0.656. The number of imidazole rings is 1. The van der Waals surface area contributed by atoms with Crippen molar-refractivity contribution >= 4 is 0 Å². The van der Waals surface area contributed by atoms with Crippen LogP contribution in [0.4, 0.5) is 0 Å². The van der Waals surface area contributed by atoms with E-state index in [0.29, 0.717) is 11.8 Å². The Hall–Kier alpha value is -0.830. The van der Waals surface area contributed by atoms with Crippen molar-refractivity contribution in [3.8, 4) is 0 Å². The topological polar surface area (TPSA) is 40.7 Å². The first-order valence-corrected chi connectivity index (χ1v) is 8.30. The quantitative estimate of drug-likeness (QED) is 0.822. The summed E-state index contributed by atoms with van der Waals surface area (Å²) in [7, 11) is 0. The van der Waals surface area contributed by atoms with Gasteiger partial charge in [-0.2, -0.15) is 0 Å². The fraction of sp³-hybridized carbons (Fsp3) is 0.824. The standard InChI is InChI=1S/C17H31N3/c1-12(2)9-18-10-16-11-19-17(20-16)15-7-5-14(6-8-15)13(3)4/h11-15,18H,5-10H2,1-4H3,(H,19,20). The van der Waals surface area contributed by atoms with Gasteiger partial charge in [0.25, 0.3) is 0 Å². The van der Waals surface area contributed by atoms with Gasteiger partial charge >= 0.3 is 0 Å². The van der Waals surface area contributed by atoms with Crippen molar-refractivity contribution in [2.45, 2.75) is 65.8 Å². The van der Waals surface area contributed by atoms with E-state index in [9.17, 15) is 0 Å². The first-order valence-electron chi connectivity index (χ1n) is 8.30. The first-order chi connectivity index (χ1) is 9.56. The van der Waals surface area contributed by atoms with E-state index in [1.165, 1.54) is 37.2 Å². The number of H-pyrrole nitrogens is 1. The number of hydrogen-bond donors (Lipinski definition) is 2. The van der Waals surface area contributed by atoms with Crippen LogP contribution < -0.4 is 5.32 Å². The second-order valence-corrected chi connectivity index (χ2v) is 7.17. The molecular weight excluding hydrogens is 246 g/mol. The van der Waals surface area contributed by atoms with Crippen LogP contribution in [0.3, 0.4) is 0 Å². The second-order valence-electron chi connectivity index (χ2n) is 7.17. The molecule has 0 unspecified atom stereocenters. The molecule has 1 heterocycles. The summed E-state index contributed by atoms with van der Waals surface area (Å²) in [6, 6.07) is 0. The van der Waals surface area contributed by atoms with Crippen LogP contribution in [0.15, 0.2) is 6.20 Å². The fourth-order valence-electron chi connectivity index (χ4n) is 3.23. The Kier molecular flexibility index (Phi) is 5.64. The number of aromatic amines is 1. The molecular formula is C17H31N3. The van der Waals surface area contributed by atoms with Crippen molar-refractivity contribution < 1.29 is 0 Å². The van der Waals surface area contributed by atoms with Crippen LogP contribution in [0.5, 0.6) is 0 Å². The first kappa shape index (κ1) is 15.6. The van der Waals surface area contributed by atoms with Gasteiger partial charge in [-0.25, -0.2) is 4.98 Å². The van der Waals surface area contributed by atoms with Crippen LogP contribution in [0, 0.1) is 17.8 Å². The molecule has 0 spiro atoms. The lowest BCUT2D eigenvalue weighted by atomic mass is 9.77. The lowest BCUT2D eigenvalue weighted by molar-refractivity contribution is 0.255. The highest BCUT2D eigenvalue weighted by molar-refractivity contribution is 5.06. The molecule has 1 aliphatic carbocycles. The third-order valence-electron chi connectivity index (χ3n) is 4.62. The molecule has 1 fully saturated rings. The molecule has 0 atom stereocenters. The van der Waals surface area contributed by atoms with E-state index in [1.54, 1.807) is 0 Å². The van der Waals surface area contributed by atoms with Gasteiger partial charge in [-0.1, -0.05) is 27.7 Å². The van der Waals surface area contributed by atoms with Crippen LogP contribution in [0.2, 0.25) is 0 Å². The summed E-state index contributed by atoms with van der Waals surface area (Å²) in [5.74, 6) is 4.33. The number of rotatable bonds is 6. The largest absolute Gasteiger partial charge is 0.345 e. The summed E-state index contributed by atoms with van der Waals surface area (Å²) < 4.78 is 0. The number of nitrogens with one attached hydrogen (secondary N) is 2. The average molecular weight is 277 g/mol. The Balaban J connectivity index is 1.81. The molecule has 20 heavy (non-hydrogen) atoms. The maximum Gasteiger partial charge on any atom is 0.109 e. The van der Waals surface area contributed by atoms with E-state index in [0.717, 1.165) is 24.9 Å². The number of hydrogen-bond acceptors (Lipinski definition) is 2. The average Bonchev–Trinajstić information content (AvgIpc) is 2.87. The number of nitrogens with zero attached hydrogens (tertiary/aromatic N) is 1. The second kappa shape index (κ2) is 7.26. The molecule has 0 radical (unpaired) electrons. The molecule has 0 saturated heterocycles. The predicted octanol–water partition coefficient (Wildman–Crippen LogP) is 4.09. The molecule has 1 aromatic heterocycles. The molecule has 2 N–H and O–H groups in total. The Morgan fingerprint density at radius 3 is 2.50 bits per heavy atom. The molecule has 0 aliphatic heterocycles. The maximum atomic E-state index is 4.61. The molecule has 0 aromatic carbocycles. The molecule has 1 aromatic rings. The molecule has 0 amide bonds. The van der Waals surface area contributed by atoms with Crippen LogP contribution >= 0.6 is 0 Å². The Morgan fingerprint density at radius 2 is 1.90 bits per heavy atom. The summed E-state index contributed by atoms with van der Waals surface area (Å²) in [6.07, 6.45) is 7.34. The van der Waals surface area contributed by atoms with Gasteiger partial charge in [0.2, 0.25) is 0 Å². The van der Waals surface area contributed by atoms with Gasteiger partial charge in [-0.3, -0.25) is 0 Å². The van der Waals surface area contributed by atoms with Crippen LogP contribution in [0.1, 0.15) is 70.8 Å². The molecule has 1 saturated carbocycles. The smallest absolute Gasteiger partial charge is 0.109 e. The van der Waals surface area contributed by atoms with Crippen LogP contribution in [0.25, 0.3) is 0 Å². The zero-order chi connectivity index (χ0) is 14.5. The van der Waals surface area contributed by atoms with Crippen molar-refractivity contribution in [2.75, 3.05) is 6.54 Å². The third kappa shape index (κ3) is 4.34. The van der Waals surface area contributed by atoms with Gasteiger partial charge in [-0.05, 0) is 50.0 Å². The van der Waals surface area contributed by atoms with Gasteiger partial charge in [0, 0.05) is 24.4 Å². The normalized spacial score (nSPS) is 23.7. The van der Waals surface area contributed by atoms with Crippen molar-refractivity contribution in [1.29, 1.82) is 0 Å². The van der Waals surface area contributed by atoms with Gasteiger partial charge in [-0.15, -0.1) is 0 Å². The molecule has 114 valence electrons. The molecule has 0 bridgehead atoms. The van der Waals surface area contributed by atoms with Crippen LogP contribution in [-0.4, -0.2) is 16.5 Å². The minimum Gasteiger partial charge on any atom is -0.345 e. The van der Waals surface area contributed by atoms with E-state index >= 15 is 0 Å². The molecule has 3 nitrogen and oxygen atoms in total. The predicted molar refractivity (Wildman–Crippen MR) is 84.7 cm³/mol. The van der Waals surface area contributed by atoms with E-state index in [2.05, 4.69) is 43.0 Å². The van der Waals surface area contributed by atoms with E-state index in [-0.39, 0.29) is 0 Å². The lowest BCUT2D eigenvalue weighted by Gasteiger charge is -2.29. The van der Waals surface area contributed by atoms with E-state index in [1.807, 2.05) is 6.20 Å². The molecule has 2 rings (SSSR count). The van der Waals surface area contributed by atoms with Crippen LogP contribution in [-0.2, 0) is 6.54 Å². The summed E-state index contributed by atoms with van der Waals surface area (Å²) in [6.45, 7) is 11.2. The Labute approximate surface area is 124 Å². The summed E-state index contributed by atoms with van der Waals surface area (Å²) >= 11 is 0. The molecule has 1 aliphatic rings. The SMILES string of the molecule is CC(C)CNCc1cnc(C2CCC(C(C)C)CC2)[nH]1. The minimum absolute atomic E-state index is 0.656. The van der Waals surface area contributed by atoms with E-state index < -0.39 is 0 Å². The van der Waals surface area contributed by atoms with E-state index in [4.69, 9.17) is 0 Å². The Morgan fingerprint density at radius 1 is 1.20 bits per heavy atom. The van der Waals surface area contributed by atoms with Gasteiger partial charge in [0.15, 0.2) is 0 Å². The monoisotopic (exact) mass is 277 g/mol. The van der Waals surface area contributed by atoms with Gasteiger partial charge in [0.05, 0.1) is 0 Å². The molecule has 3 heteroatoms. The van der Waals surface area contributed by atoms with Crippen molar-refractivity contribution in [3.63, 3.8) is 0 Å². The maximum absolute atomic E-state index is 4.61. The zero-order valence-corrected chi connectivity index (χ0v) is 13.6. The highest BCUT2D eigenvalue weighted by Gasteiger charge is 2.25. The highest BCUT2D eigenvalue weighted by Crippen LogP contribution is 2.37. The van der Waals surface area contributed by atoms with Gasteiger partial charge in [0.1, 0.15) is 5.82 Å². The zero-order valence-electron chi connectivity index (χ0n) is 13.6. The van der Waals surface area contributed by atoms with Crippen molar-refractivity contribution in [3.05, 3.63) is 17.7 Å². The Bertz CT molecular complexity index is 387. The highest BCUT2D eigenvalue weighted by atomic mass is 15.0. The van der Waals surface area contributed by atoms with Crippen molar-refractivity contribution in [1.82, 2.24) is 15.3 Å². The van der Waals surface area contributed by atoms with Crippen molar-refractivity contribution in [2.24, 2.45) is 17.8 Å². The lowest BCUT2D eigenvalue weighted by Crippen LogP contribution is -2.19.